The van der Waals surface area contributed by atoms with E-state index < -0.39 is 0 Å². The molecule has 3 rings (SSSR count). The molecule has 1 aliphatic heterocycles. The molecular weight excluding hydrogens is 320 g/mol. The molecule has 0 saturated carbocycles. The highest BCUT2D eigenvalue weighted by Crippen LogP contribution is 2.37. The summed E-state index contributed by atoms with van der Waals surface area (Å²) < 4.78 is 5.21. The number of para-hydroxylation sites is 1. The molecular formula is C19H22N2O2S. The Morgan fingerprint density at radius 2 is 2.12 bits per heavy atom. The van der Waals surface area contributed by atoms with Crippen LogP contribution in [0.3, 0.4) is 0 Å². The number of benzene rings is 2. The summed E-state index contributed by atoms with van der Waals surface area (Å²) in [6.45, 7) is 3.97. The van der Waals surface area contributed by atoms with Crippen molar-refractivity contribution in [1.29, 1.82) is 0 Å². The zero-order valence-electron chi connectivity index (χ0n) is 14.0. The average molecular weight is 342 g/mol. The Morgan fingerprint density at radius 1 is 1.29 bits per heavy atom. The van der Waals surface area contributed by atoms with Gasteiger partial charge in [0.15, 0.2) is 0 Å². The number of ether oxygens (including phenoxy) is 1. The minimum Gasteiger partial charge on any atom is -0.497 e. The SMILES string of the molecule is COc1cccc(CNC(=O)CN2C[C@@H](C)Sc3ccccc32)c1. The summed E-state index contributed by atoms with van der Waals surface area (Å²) in [5, 5.41) is 3.48. The van der Waals surface area contributed by atoms with Crippen LogP contribution < -0.4 is 15.0 Å². The van der Waals surface area contributed by atoms with E-state index in [9.17, 15) is 4.79 Å². The van der Waals surface area contributed by atoms with E-state index in [0.717, 1.165) is 23.5 Å². The number of thioether (sulfide) groups is 1. The van der Waals surface area contributed by atoms with Gasteiger partial charge in [-0.15, -0.1) is 11.8 Å². The van der Waals surface area contributed by atoms with Gasteiger partial charge in [-0.1, -0.05) is 31.2 Å². The highest BCUT2D eigenvalue weighted by Gasteiger charge is 2.23. The molecule has 0 bridgehead atoms. The maximum atomic E-state index is 12.4. The summed E-state index contributed by atoms with van der Waals surface area (Å²) in [7, 11) is 1.64. The molecule has 0 aromatic heterocycles. The number of hydrogen-bond donors (Lipinski definition) is 1. The molecule has 0 saturated heterocycles. The quantitative estimate of drug-likeness (QED) is 0.905. The Labute approximate surface area is 147 Å². The Hall–Kier alpha value is -2.14. The standard InChI is InChI=1S/C19H22N2O2S/c1-14-12-21(17-8-3-4-9-18(17)24-14)13-19(22)20-11-15-6-5-7-16(10-15)23-2/h3-10,14H,11-13H2,1-2H3,(H,20,22)/t14-/m1/s1. The second-order valence-corrected chi connectivity index (χ2v) is 7.39. The van der Waals surface area contributed by atoms with E-state index in [2.05, 4.69) is 29.3 Å². The molecule has 2 aromatic rings. The number of hydrogen-bond acceptors (Lipinski definition) is 4. The lowest BCUT2D eigenvalue weighted by atomic mass is 10.2. The number of rotatable bonds is 5. The predicted octanol–water partition coefficient (Wildman–Crippen LogP) is 3.31. The van der Waals surface area contributed by atoms with Crippen LogP contribution in [-0.4, -0.2) is 31.4 Å². The van der Waals surface area contributed by atoms with Crippen molar-refractivity contribution in [3.05, 3.63) is 54.1 Å². The molecule has 126 valence electrons. The summed E-state index contributed by atoms with van der Waals surface area (Å²) in [6, 6.07) is 16.0. The number of fused-ring (bicyclic) bond motifs is 1. The molecule has 24 heavy (non-hydrogen) atoms. The van der Waals surface area contributed by atoms with E-state index in [4.69, 9.17) is 4.74 Å². The second-order valence-electron chi connectivity index (χ2n) is 5.90. The molecule has 0 radical (unpaired) electrons. The van der Waals surface area contributed by atoms with E-state index >= 15 is 0 Å². The number of methoxy groups -OCH3 is 1. The third-order valence-corrected chi connectivity index (χ3v) is 5.12. The normalized spacial score (nSPS) is 16.4. The summed E-state index contributed by atoms with van der Waals surface area (Å²) in [4.78, 5) is 15.8. The lowest BCUT2D eigenvalue weighted by Crippen LogP contribution is -2.41. The van der Waals surface area contributed by atoms with Crippen LogP contribution >= 0.6 is 11.8 Å². The number of anilines is 1. The molecule has 0 fully saturated rings. The van der Waals surface area contributed by atoms with Crippen LogP contribution in [0.2, 0.25) is 0 Å². The van der Waals surface area contributed by atoms with Gasteiger partial charge in [-0.25, -0.2) is 0 Å². The topological polar surface area (TPSA) is 41.6 Å². The lowest BCUT2D eigenvalue weighted by molar-refractivity contribution is -0.119. The van der Waals surface area contributed by atoms with Gasteiger partial charge < -0.3 is 15.0 Å². The van der Waals surface area contributed by atoms with E-state index in [0.29, 0.717) is 18.3 Å². The van der Waals surface area contributed by atoms with Gasteiger partial charge in [0.05, 0.1) is 19.3 Å². The maximum Gasteiger partial charge on any atom is 0.239 e. The lowest BCUT2D eigenvalue weighted by Gasteiger charge is -2.33. The molecule has 1 N–H and O–H groups in total. The fourth-order valence-electron chi connectivity index (χ4n) is 2.84. The van der Waals surface area contributed by atoms with Crippen molar-refractivity contribution in [1.82, 2.24) is 5.32 Å². The van der Waals surface area contributed by atoms with Gasteiger partial charge in [0.25, 0.3) is 0 Å². The molecule has 1 amide bonds. The third kappa shape index (κ3) is 4.03. The van der Waals surface area contributed by atoms with E-state index in [-0.39, 0.29) is 5.91 Å². The minimum absolute atomic E-state index is 0.0340. The molecule has 1 atom stereocenters. The fourth-order valence-corrected chi connectivity index (χ4v) is 4.01. The van der Waals surface area contributed by atoms with Crippen LogP contribution in [0.4, 0.5) is 5.69 Å². The Morgan fingerprint density at radius 3 is 2.96 bits per heavy atom. The zero-order chi connectivity index (χ0) is 16.9. The third-order valence-electron chi connectivity index (χ3n) is 3.97. The molecule has 2 aromatic carbocycles. The highest BCUT2D eigenvalue weighted by atomic mass is 32.2. The number of nitrogens with one attached hydrogen (secondary N) is 1. The number of amides is 1. The van der Waals surface area contributed by atoms with Crippen LogP contribution in [0.15, 0.2) is 53.4 Å². The van der Waals surface area contributed by atoms with Gasteiger partial charge in [-0.05, 0) is 29.8 Å². The fraction of sp³-hybridized carbons (Fsp3) is 0.316. The van der Waals surface area contributed by atoms with Gasteiger partial charge in [-0.3, -0.25) is 4.79 Å². The number of carbonyl (C=O) groups excluding carboxylic acids is 1. The Balaban J connectivity index is 1.61. The van der Waals surface area contributed by atoms with Crippen molar-refractivity contribution in [3.63, 3.8) is 0 Å². The summed E-state index contributed by atoms with van der Waals surface area (Å²) in [5.41, 5.74) is 2.18. The first kappa shape index (κ1) is 16.7. The second kappa shape index (κ2) is 7.62. The smallest absolute Gasteiger partial charge is 0.239 e. The predicted molar refractivity (Wildman–Crippen MR) is 98.8 cm³/mol. The van der Waals surface area contributed by atoms with Crippen molar-refractivity contribution in [3.8, 4) is 5.75 Å². The first-order valence-corrected chi connectivity index (χ1v) is 8.94. The van der Waals surface area contributed by atoms with Gasteiger partial charge in [-0.2, -0.15) is 0 Å². The first-order chi connectivity index (χ1) is 11.7. The molecule has 4 nitrogen and oxygen atoms in total. The first-order valence-electron chi connectivity index (χ1n) is 8.06. The van der Waals surface area contributed by atoms with Crippen LogP contribution in [0.25, 0.3) is 0 Å². The largest absolute Gasteiger partial charge is 0.497 e. The monoisotopic (exact) mass is 342 g/mol. The van der Waals surface area contributed by atoms with Crippen molar-refractivity contribution in [2.45, 2.75) is 23.6 Å². The van der Waals surface area contributed by atoms with E-state index in [1.54, 1.807) is 7.11 Å². The highest BCUT2D eigenvalue weighted by molar-refractivity contribution is 8.00. The maximum absolute atomic E-state index is 12.4. The van der Waals surface area contributed by atoms with Gasteiger partial charge in [0.2, 0.25) is 5.91 Å². The molecule has 0 spiro atoms. The summed E-state index contributed by atoms with van der Waals surface area (Å²) in [5.74, 6) is 0.837. The number of nitrogens with zero attached hydrogens (tertiary/aromatic N) is 1. The minimum atomic E-state index is 0.0340. The molecule has 1 aliphatic rings. The number of carbonyl (C=O) groups is 1. The Bertz CT molecular complexity index is 720. The molecule has 5 heteroatoms. The molecule has 0 aliphatic carbocycles. The molecule has 0 unspecified atom stereocenters. The zero-order valence-corrected chi connectivity index (χ0v) is 14.8. The van der Waals surface area contributed by atoms with Crippen LogP contribution in [0.1, 0.15) is 12.5 Å². The van der Waals surface area contributed by atoms with Crippen LogP contribution in [0.5, 0.6) is 5.75 Å². The van der Waals surface area contributed by atoms with E-state index in [1.807, 2.05) is 48.2 Å². The van der Waals surface area contributed by atoms with Gasteiger partial charge in [0.1, 0.15) is 5.75 Å². The van der Waals surface area contributed by atoms with Crippen LogP contribution in [0, 0.1) is 0 Å². The van der Waals surface area contributed by atoms with Gasteiger partial charge in [0, 0.05) is 23.2 Å². The van der Waals surface area contributed by atoms with Crippen molar-refractivity contribution in [2.75, 3.05) is 25.1 Å². The average Bonchev–Trinajstić information content (AvgIpc) is 2.60. The summed E-state index contributed by atoms with van der Waals surface area (Å²) in [6.07, 6.45) is 0. The van der Waals surface area contributed by atoms with Crippen LogP contribution in [-0.2, 0) is 11.3 Å². The van der Waals surface area contributed by atoms with Crippen molar-refractivity contribution >= 4 is 23.4 Å². The van der Waals surface area contributed by atoms with E-state index in [1.165, 1.54) is 4.90 Å². The summed E-state index contributed by atoms with van der Waals surface area (Å²) >= 11 is 1.87. The Kier molecular flexibility index (Phi) is 5.30. The van der Waals surface area contributed by atoms with Crippen molar-refractivity contribution < 1.29 is 9.53 Å². The van der Waals surface area contributed by atoms with Gasteiger partial charge >= 0.3 is 0 Å². The molecule has 1 heterocycles. The van der Waals surface area contributed by atoms with Crippen molar-refractivity contribution in [2.24, 2.45) is 0 Å².